The van der Waals surface area contributed by atoms with E-state index in [1.54, 1.807) is 6.20 Å². The molecule has 3 heterocycles. The van der Waals surface area contributed by atoms with Crippen molar-refractivity contribution in [1.29, 1.82) is 0 Å². The first kappa shape index (κ1) is 12.6. The number of hydrogen-bond acceptors (Lipinski definition) is 4. The molecule has 104 valence electrons. The van der Waals surface area contributed by atoms with Gasteiger partial charge in [-0.05, 0) is 33.0 Å². The van der Waals surface area contributed by atoms with E-state index in [0.717, 1.165) is 31.6 Å². The predicted octanol–water partition coefficient (Wildman–Crippen LogP) is 0.571. The van der Waals surface area contributed by atoms with Crippen molar-refractivity contribution in [3.05, 3.63) is 17.7 Å². The molecule has 0 radical (unpaired) electrons. The normalized spacial score (nSPS) is 24.1. The summed E-state index contributed by atoms with van der Waals surface area (Å²) in [5, 5.41) is 9.34. The molecule has 0 bridgehead atoms. The van der Waals surface area contributed by atoms with Crippen LogP contribution in [0, 0.1) is 0 Å². The molecule has 0 amide bonds. The second-order valence-corrected chi connectivity index (χ2v) is 5.64. The highest BCUT2D eigenvalue weighted by molar-refractivity contribution is 5.81. The van der Waals surface area contributed by atoms with Crippen LogP contribution in [0.2, 0.25) is 0 Å². The van der Waals surface area contributed by atoms with Crippen molar-refractivity contribution in [1.82, 2.24) is 14.9 Å². The highest BCUT2D eigenvalue weighted by Gasteiger charge is 2.50. The Bertz CT molecular complexity index is 473. The molecule has 2 N–H and O–H groups in total. The maximum absolute atomic E-state index is 11.4. The molecule has 0 unspecified atom stereocenters. The molecule has 2 saturated heterocycles. The molecule has 0 saturated carbocycles. The molecule has 3 rings (SSSR count). The maximum atomic E-state index is 11.4. The van der Waals surface area contributed by atoms with Crippen molar-refractivity contribution in [2.75, 3.05) is 33.4 Å². The number of rotatable bonds is 3. The van der Waals surface area contributed by atoms with E-state index in [0.29, 0.717) is 11.7 Å². The van der Waals surface area contributed by atoms with Crippen molar-refractivity contribution in [3.8, 4) is 0 Å². The zero-order chi connectivity index (χ0) is 13.5. The lowest BCUT2D eigenvalue weighted by Crippen LogP contribution is -2.53. The molecule has 1 aromatic rings. The summed E-state index contributed by atoms with van der Waals surface area (Å²) >= 11 is 0. The van der Waals surface area contributed by atoms with E-state index in [1.165, 1.54) is 0 Å². The van der Waals surface area contributed by atoms with Crippen LogP contribution >= 0.6 is 0 Å². The van der Waals surface area contributed by atoms with Crippen molar-refractivity contribution in [3.63, 3.8) is 0 Å². The van der Waals surface area contributed by atoms with Crippen LogP contribution in [0.1, 0.15) is 30.3 Å². The van der Waals surface area contributed by atoms with Gasteiger partial charge < -0.3 is 19.7 Å². The van der Waals surface area contributed by atoms with Gasteiger partial charge in [0.1, 0.15) is 5.82 Å². The van der Waals surface area contributed by atoms with Gasteiger partial charge in [0.15, 0.2) is 5.41 Å². The summed E-state index contributed by atoms with van der Waals surface area (Å²) in [6.45, 7) is 2.57. The van der Waals surface area contributed by atoms with E-state index < -0.39 is 11.4 Å². The highest BCUT2D eigenvalue weighted by Crippen LogP contribution is 2.33. The summed E-state index contributed by atoms with van der Waals surface area (Å²) in [6.07, 6.45) is 3.98. The monoisotopic (exact) mass is 265 g/mol. The number of hydrogen-bond donors (Lipinski definition) is 2. The van der Waals surface area contributed by atoms with Gasteiger partial charge in [-0.2, -0.15) is 0 Å². The SMILES string of the molecule is CN1CCC(c2cnc(C3(C(=O)O)COC3)[nH]2)CC1. The smallest absolute Gasteiger partial charge is 0.322 e. The molecule has 2 aliphatic rings. The van der Waals surface area contributed by atoms with Gasteiger partial charge in [0.2, 0.25) is 0 Å². The fraction of sp³-hybridized carbons (Fsp3) is 0.692. The average molecular weight is 265 g/mol. The number of ether oxygens (including phenoxy) is 1. The van der Waals surface area contributed by atoms with Crippen LogP contribution in [-0.4, -0.2) is 59.3 Å². The van der Waals surface area contributed by atoms with Crippen LogP contribution in [0.5, 0.6) is 0 Å². The molecule has 6 nitrogen and oxygen atoms in total. The topological polar surface area (TPSA) is 78.5 Å². The quantitative estimate of drug-likeness (QED) is 0.835. The molecule has 0 aliphatic carbocycles. The number of nitrogens with one attached hydrogen (secondary N) is 1. The van der Waals surface area contributed by atoms with Crippen LogP contribution in [-0.2, 0) is 14.9 Å². The molecule has 0 spiro atoms. The summed E-state index contributed by atoms with van der Waals surface area (Å²) in [4.78, 5) is 21.2. The van der Waals surface area contributed by atoms with Crippen LogP contribution in [0.25, 0.3) is 0 Å². The number of carboxylic acids is 1. The summed E-state index contributed by atoms with van der Waals surface area (Å²) < 4.78 is 5.08. The number of H-pyrrole nitrogens is 1. The minimum absolute atomic E-state index is 0.211. The van der Waals surface area contributed by atoms with Gasteiger partial charge in [0.05, 0.1) is 13.2 Å². The van der Waals surface area contributed by atoms with Crippen molar-refractivity contribution in [2.45, 2.75) is 24.2 Å². The third kappa shape index (κ3) is 2.04. The number of carbonyl (C=O) groups is 1. The van der Waals surface area contributed by atoms with Gasteiger partial charge in [0.25, 0.3) is 0 Å². The molecular formula is C13H19N3O3. The van der Waals surface area contributed by atoms with E-state index in [-0.39, 0.29) is 13.2 Å². The van der Waals surface area contributed by atoms with Gasteiger partial charge in [0, 0.05) is 17.8 Å². The Hall–Kier alpha value is -1.40. The van der Waals surface area contributed by atoms with E-state index >= 15 is 0 Å². The molecule has 0 atom stereocenters. The molecule has 2 fully saturated rings. The number of carboxylic acid groups (broad SMARTS) is 1. The lowest BCUT2D eigenvalue weighted by molar-refractivity contribution is -0.163. The lowest BCUT2D eigenvalue weighted by atomic mass is 9.85. The second kappa shape index (κ2) is 4.61. The van der Waals surface area contributed by atoms with E-state index in [2.05, 4.69) is 21.9 Å². The molecule has 1 aromatic heterocycles. The van der Waals surface area contributed by atoms with Crippen molar-refractivity contribution < 1.29 is 14.6 Å². The first-order valence-electron chi connectivity index (χ1n) is 6.67. The molecule has 2 aliphatic heterocycles. The molecule has 19 heavy (non-hydrogen) atoms. The summed E-state index contributed by atoms with van der Waals surface area (Å²) in [6, 6.07) is 0. The van der Waals surface area contributed by atoms with E-state index in [9.17, 15) is 9.90 Å². The number of likely N-dealkylation sites (tertiary alicyclic amines) is 1. The van der Waals surface area contributed by atoms with E-state index in [4.69, 9.17) is 4.74 Å². The fourth-order valence-corrected chi connectivity index (χ4v) is 2.77. The zero-order valence-electron chi connectivity index (χ0n) is 11.1. The Balaban J connectivity index is 1.78. The number of aliphatic carboxylic acids is 1. The minimum atomic E-state index is -0.955. The minimum Gasteiger partial charge on any atom is -0.480 e. The predicted molar refractivity (Wildman–Crippen MR) is 68.2 cm³/mol. The lowest BCUT2D eigenvalue weighted by Gasteiger charge is -2.35. The summed E-state index contributed by atoms with van der Waals surface area (Å²) in [5.74, 6) is 0.146. The Morgan fingerprint density at radius 1 is 1.53 bits per heavy atom. The van der Waals surface area contributed by atoms with E-state index in [1.807, 2.05) is 0 Å². The number of nitrogens with zero attached hydrogens (tertiary/aromatic N) is 2. The van der Waals surface area contributed by atoms with Crippen LogP contribution < -0.4 is 0 Å². The highest BCUT2D eigenvalue weighted by atomic mass is 16.5. The Kier molecular flexibility index (Phi) is 3.06. The number of piperidine rings is 1. The van der Waals surface area contributed by atoms with Gasteiger partial charge in [-0.15, -0.1) is 0 Å². The Morgan fingerprint density at radius 2 is 2.21 bits per heavy atom. The third-order valence-electron chi connectivity index (χ3n) is 4.31. The standard InChI is InChI=1S/C13H19N3O3/c1-16-4-2-9(3-5-16)10-6-14-11(15-10)13(12(17)18)7-19-8-13/h6,9H,2-5,7-8H2,1H3,(H,14,15)(H,17,18). The van der Waals surface area contributed by atoms with Crippen molar-refractivity contribution >= 4 is 5.97 Å². The third-order valence-corrected chi connectivity index (χ3v) is 4.31. The van der Waals surface area contributed by atoms with Gasteiger partial charge >= 0.3 is 5.97 Å². The van der Waals surface area contributed by atoms with Gasteiger partial charge in [-0.3, -0.25) is 4.79 Å². The van der Waals surface area contributed by atoms with Crippen molar-refractivity contribution in [2.24, 2.45) is 0 Å². The summed E-state index contributed by atoms with van der Waals surface area (Å²) in [7, 11) is 2.12. The fourth-order valence-electron chi connectivity index (χ4n) is 2.77. The number of aromatic nitrogens is 2. The Morgan fingerprint density at radius 3 is 2.74 bits per heavy atom. The Labute approximate surface area is 111 Å². The second-order valence-electron chi connectivity index (χ2n) is 5.64. The molecule has 0 aromatic carbocycles. The van der Waals surface area contributed by atoms with Gasteiger partial charge in [-0.1, -0.05) is 0 Å². The largest absolute Gasteiger partial charge is 0.480 e. The molecular weight excluding hydrogens is 246 g/mol. The number of aromatic amines is 1. The summed E-state index contributed by atoms with van der Waals surface area (Å²) in [5.41, 5.74) is 0.111. The van der Waals surface area contributed by atoms with Gasteiger partial charge in [-0.25, -0.2) is 4.98 Å². The van der Waals surface area contributed by atoms with Crippen LogP contribution in [0.4, 0.5) is 0 Å². The zero-order valence-corrected chi connectivity index (χ0v) is 11.1. The first-order valence-corrected chi connectivity index (χ1v) is 6.67. The molecule has 6 heteroatoms. The average Bonchev–Trinajstić information content (AvgIpc) is 2.77. The van der Waals surface area contributed by atoms with Crippen LogP contribution in [0.15, 0.2) is 6.20 Å². The maximum Gasteiger partial charge on any atom is 0.322 e. The first-order chi connectivity index (χ1) is 9.12. The van der Waals surface area contributed by atoms with Crippen LogP contribution in [0.3, 0.4) is 0 Å². The number of imidazole rings is 1.